The number of hydrogen-bond acceptors (Lipinski definition) is 3. The highest BCUT2D eigenvalue weighted by atomic mass is 16.3. The van der Waals surface area contributed by atoms with Gasteiger partial charge in [-0.2, -0.15) is 0 Å². The lowest BCUT2D eigenvalue weighted by atomic mass is 9.78. The van der Waals surface area contributed by atoms with Crippen molar-refractivity contribution in [3.05, 3.63) is 0 Å². The highest BCUT2D eigenvalue weighted by molar-refractivity contribution is 4.89. The molecule has 2 aliphatic rings. The van der Waals surface area contributed by atoms with Gasteiger partial charge in [0.1, 0.15) is 0 Å². The van der Waals surface area contributed by atoms with Gasteiger partial charge >= 0.3 is 0 Å². The normalized spacial score (nSPS) is 32.7. The van der Waals surface area contributed by atoms with Gasteiger partial charge in [0, 0.05) is 19.1 Å². The minimum Gasteiger partial charge on any atom is -0.389 e. The lowest BCUT2D eigenvalue weighted by molar-refractivity contribution is 0.00866. The second kappa shape index (κ2) is 7.94. The van der Waals surface area contributed by atoms with E-state index in [1.807, 2.05) is 0 Å². The quantitative estimate of drug-likeness (QED) is 0.758. The van der Waals surface area contributed by atoms with Crippen molar-refractivity contribution < 1.29 is 5.11 Å². The monoisotopic (exact) mass is 296 g/mol. The van der Waals surface area contributed by atoms with Crippen LogP contribution < -0.4 is 5.32 Å². The van der Waals surface area contributed by atoms with E-state index in [0.29, 0.717) is 6.04 Å². The van der Waals surface area contributed by atoms with E-state index in [1.54, 1.807) is 0 Å². The molecule has 2 rings (SSSR count). The first kappa shape index (κ1) is 17.2. The summed E-state index contributed by atoms with van der Waals surface area (Å²) < 4.78 is 0. The van der Waals surface area contributed by atoms with E-state index in [1.165, 1.54) is 38.5 Å². The Morgan fingerprint density at radius 1 is 1.24 bits per heavy atom. The van der Waals surface area contributed by atoms with Crippen molar-refractivity contribution in [1.29, 1.82) is 0 Å². The molecule has 3 nitrogen and oxygen atoms in total. The van der Waals surface area contributed by atoms with Gasteiger partial charge in [0.25, 0.3) is 0 Å². The fourth-order valence-corrected chi connectivity index (χ4v) is 4.46. The number of nitrogens with one attached hydrogen (secondary N) is 1. The summed E-state index contributed by atoms with van der Waals surface area (Å²) in [7, 11) is 2.20. The van der Waals surface area contributed by atoms with Crippen LogP contribution in [0.5, 0.6) is 0 Å². The summed E-state index contributed by atoms with van der Waals surface area (Å²) in [5, 5.41) is 14.4. The SMILES string of the molecule is CCCNC1CCC(C)CC1CN(C)CC1(O)CCCC1. The first-order valence-electron chi connectivity index (χ1n) is 9.17. The van der Waals surface area contributed by atoms with Crippen LogP contribution in [0.25, 0.3) is 0 Å². The van der Waals surface area contributed by atoms with Gasteiger partial charge in [-0.15, -0.1) is 0 Å². The van der Waals surface area contributed by atoms with E-state index in [9.17, 15) is 5.11 Å². The first-order chi connectivity index (χ1) is 10.0. The van der Waals surface area contributed by atoms with Crippen molar-refractivity contribution >= 4 is 0 Å². The highest BCUT2D eigenvalue weighted by Gasteiger charge is 2.34. The third-order valence-corrected chi connectivity index (χ3v) is 5.55. The van der Waals surface area contributed by atoms with E-state index in [-0.39, 0.29) is 0 Å². The molecule has 2 fully saturated rings. The maximum Gasteiger partial charge on any atom is 0.0774 e. The van der Waals surface area contributed by atoms with Gasteiger partial charge in [0.15, 0.2) is 0 Å². The van der Waals surface area contributed by atoms with Crippen molar-refractivity contribution in [2.75, 3.05) is 26.7 Å². The molecule has 0 radical (unpaired) electrons. The number of hydrogen-bond donors (Lipinski definition) is 2. The molecule has 2 aliphatic carbocycles. The van der Waals surface area contributed by atoms with Gasteiger partial charge in [-0.3, -0.25) is 0 Å². The number of nitrogens with zero attached hydrogens (tertiary/aromatic N) is 1. The molecule has 0 bridgehead atoms. The topological polar surface area (TPSA) is 35.5 Å². The Labute approximate surface area is 131 Å². The smallest absolute Gasteiger partial charge is 0.0774 e. The molecule has 21 heavy (non-hydrogen) atoms. The number of rotatable bonds is 7. The van der Waals surface area contributed by atoms with Crippen LogP contribution in [0.4, 0.5) is 0 Å². The summed E-state index contributed by atoms with van der Waals surface area (Å²) in [4.78, 5) is 2.40. The van der Waals surface area contributed by atoms with Gasteiger partial charge in [0.2, 0.25) is 0 Å². The Morgan fingerprint density at radius 3 is 2.62 bits per heavy atom. The summed E-state index contributed by atoms with van der Waals surface area (Å²) in [5.41, 5.74) is -0.401. The average molecular weight is 296 g/mol. The van der Waals surface area contributed by atoms with E-state index in [0.717, 1.165) is 44.3 Å². The second-order valence-electron chi connectivity index (χ2n) is 7.87. The minimum absolute atomic E-state index is 0.401. The van der Waals surface area contributed by atoms with Crippen LogP contribution in [0.1, 0.15) is 65.2 Å². The molecule has 0 saturated heterocycles. The summed E-state index contributed by atoms with van der Waals surface area (Å²) in [6, 6.07) is 0.682. The molecule has 0 spiro atoms. The molecule has 0 aromatic rings. The van der Waals surface area contributed by atoms with Crippen LogP contribution in [-0.2, 0) is 0 Å². The Balaban J connectivity index is 1.84. The maximum absolute atomic E-state index is 10.6. The third kappa shape index (κ3) is 5.22. The zero-order valence-electron chi connectivity index (χ0n) is 14.4. The van der Waals surface area contributed by atoms with Crippen molar-refractivity contribution in [3.8, 4) is 0 Å². The van der Waals surface area contributed by atoms with Gasteiger partial charge in [-0.25, -0.2) is 0 Å². The Kier molecular flexibility index (Phi) is 6.51. The molecule has 3 heteroatoms. The Bertz CT molecular complexity index is 300. The molecule has 0 aliphatic heterocycles. The fraction of sp³-hybridized carbons (Fsp3) is 1.00. The molecular weight excluding hydrogens is 260 g/mol. The number of likely N-dealkylation sites (N-methyl/N-ethyl adjacent to an activating group) is 1. The molecule has 0 aromatic heterocycles. The fourth-order valence-electron chi connectivity index (χ4n) is 4.46. The minimum atomic E-state index is -0.401. The van der Waals surface area contributed by atoms with Gasteiger partial charge < -0.3 is 15.3 Å². The zero-order chi connectivity index (χ0) is 15.3. The molecule has 3 atom stereocenters. The molecule has 124 valence electrons. The van der Waals surface area contributed by atoms with Crippen molar-refractivity contribution in [1.82, 2.24) is 10.2 Å². The molecule has 0 amide bonds. The summed E-state index contributed by atoms with van der Waals surface area (Å²) in [6.45, 7) is 7.78. The number of aliphatic hydroxyl groups is 1. The van der Waals surface area contributed by atoms with Crippen LogP contribution in [0, 0.1) is 11.8 Å². The largest absolute Gasteiger partial charge is 0.389 e. The standard InChI is InChI=1S/C18H36N2O/c1-4-11-19-17-8-7-15(2)12-16(17)13-20(3)14-18(21)9-5-6-10-18/h15-17,19,21H,4-14H2,1-3H3. The predicted octanol–water partition coefficient (Wildman–Crippen LogP) is 3.03. The average Bonchev–Trinajstić information content (AvgIpc) is 2.84. The molecule has 0 aromatic carbocycles. The molecule has 2 saturated carbocycles. The van der Waals surface area contributed by atoms with Crippen LogP contribution in [0.15, 0.2) is 0 Å². The van der Waals surface area contributed by atoms with Gasteiger partial charge in [0.05, 0.1) is 5.60 Å². The zero-order valence-corrected chi connectivity index (χ0v) is 14.4. The molecule has 3 unspecified atom stereocenters. The lowest BCUT2D eigenvalue weighted by Gasteiger charge is -2.39. The third-order valence-electron chi connectivity index (χ3n) is 5.55. The van der Waals surface area contributed by atoms with Crippen molar-refractivity contribution in [2.45, 2.75) is 76.9 Å². The van der Waals surface area contributed by atoms with Crippen LogP contribution in [0.3, 0.4) is 0 Å². The summed E-state index contributed by atoms with van der Waals surface area (Å²) >= 11 is 0. The summed E-state index contributed by atoms with van der Waals surface area (Å²) in [5.74, 6) is 1.60. The Hall–Kier alpha value is -0.120. The van der Waals surface area contributed by atoms with Gasteiger partial charge in [-0.1, -0.05) is 26.7 Å². The van der Waals surface area contributed by atoms with E-state index in [4.69, 9.17) is 0 Å². The second-order valence-corrected chi connectivity index (χ2v) is 7.87. The molecular formula is C18H36N2O. The van der Waals surface area contributed by atoms with Crippen molar-refractivity contribution in [3.63, 3.8) is 0 Å². The van der Waals surface area contributed by atoms with E-state index >= 15 is 0 Å². The highest BCUT2D eigenvalue weighted by Crippen LogP contribution is 2.32. The van der Waals surface area contributed by atoms with Gasteiger partial charge in [-0.05, 0) is 64.0 Å². The van der Waals surface area contributed by atoms with Crippen LogP contribution in [-0.4, -0.2) is 48.3 Å². The molecule has 0 heterocycles. The lowest BCUT2D eigenvalue weighted by Crippen LogP contribution is -2.48. The van der Waals surface area contributed by atoms with Crippen LogP contribution in [0.2, 0.25) is 0 Å². The maximum atomic E-state index is 10.6. The predicted molar refractivity (Wildman–Crippen MR) is 89.5 cm³/mol. The Morgan fingerprint density at radius 2 is 1.95 bits per heavy atom. The van der Waals surface area contributed by atoms with Crippen molar-refractivity contribution in [2.24, 2.45) is 11.8 Å². The van der Waals surface area contributed by atoms with Crippen LogP contribution >= 0.6 is 0 Å². The van der Waals surface area contributed by atoms with E-state index < -0.39 is 5.60 Å². The summed E-state index contributed by atoms with van der Waals surface area (Å²) in [6.07, 6.45) is 9.64. The molecule has 2 N–H and O–H groups in total. The van der Waals surface area contributed by atoms with E-state index in [2.05, 4.69) is 31.1 Å². The first-order valence-corrected chi connectivity index (χ1v) is 9.17.